The van der Waals surface area contributed by atoms with Gasteiger partial charge in [-0.3, -0.25) is 0 Å². The maximum absolute atomic E-state index is 5.68. The van der Waals surface area contributed by atoms with E-state index in [1.54, 1.807) is 14.2 Å². The highest BCUT2D eigenvalue weighted by atomic mass is 32.2. The molecule has 25 heavy (non-hydrogen) atoms. The minimum Gasteiger partial charge on any atom is -0.497 e. The molecule has 0 N–H and O–H groups in total. The molecule has 1 heterocycles. The van der Waals surface area contributed by atoms with Gasteiger partial charge in [-0.05, 0) is 36.4 Å². The molecule has 7 heteroatoms. The van der Waals surface area contributed by atoms with E-state index in [0.29, 0.717) is 29.2 Å². The number of thioether (sulfide) groups is 1. The highest BCUT2D eigenvalue weighted by Gasteiger charge is 2.13. The average molecular weight is 358 g/mol. The van der Waals surface area contributed by atoms with Gasteiger partial charge in [-0.15, -0.1) is 10.2 Å². The highest BCUT2D eigenvalue weighted by Crippen LogP contribution is 2.30. The third-order valence-corrected chi connectivity index (χ3v) is 4.16. The van der Waals surface area contributed by atoms with Gasteiger partial charge in [0.1, 0.15) is 17.2 Å². The molecule has 3 aromatic rings. The average Bonchev–Trinajstić information content (AvgIpc) is 3.14. The second-order valence-electron chi connectivity index (χ2n) is 4.95. The molecule has 0 unspecified atom stereocenters. The van der Waals surface area contributed by atoms with Crippen LogP contribution in [0.25, 0.3) is 11.5 Å². The van der Waals surface area contributed by atoms with Crippen molar-refractivity contribution in [3.05, 3.63) is 48.5 Å². The predicted octanol–water partition coefficient (Wildman–Crippen LogP) is 3.92. The van der Waals surface area contributed by atoms with Crippen molar-refractivity contribution in [1.82, 2.24) is 10.2 Å². The van der Waals surface area contributed by atoms with Gasteiger partial charge >= 0.3 is 0 Å². The first-order chi connectivity index (χ1) is 12.3. The summed E-state index contributed by atoms with van der Waals surface area (Å²) in [6.07, 6.45) is 0. The molecule has 130 valence electrons. The molecule has 2 aromatic carbocycles. The Morgan fingerprint density at radius 3 is 2.44 bits per heavy atom. The Kier molecular flexibility index (Phi) is 5.79. The quantitative estimate of drug-likeness (QED) is 0.446. The fraction of sp³-hybridized carbons (Fsp3) is 0.222. The van der Waals surface area contributed by atoms with Crippen LogP contribution in [0.1, 0.15) is 0 Å². The number of aromatic nitrogens is 2. The van der Waals surface area contributed by atoms with Crippen molar-refractivity contribution >= 4 is 11.8 Å². The molecule has 0 spiro atoms. The van der Waals surface area contributed by atoms with Crippen LogP contribution in [0, 0.1) is 0 Å². The molecule has 0 radical (unpaired) electrons. The molecular weight excluding hydrogens is 340 g/mol. The zero-order chi connectivity index (χ0) is 17.5. The van der Waals surface area contributed by atoms with E-state index in [1.165, 1.54) is 11.8 Å². The lowest BCUT2D eigenvalue weighted by Crippen LogP contribution is -1.99. The van der Waals surface area contributed by atoms with Crippen LogP contribution in [0.4, 0.5) is 0 Å². The number of nitrogens with zero attached hydrogens (tertiary/aromatic N) is 2. The first-order valence-electron chi connectivity index (χ1n) is 7.66. The van der Waals surface area contributed by atoms with E-state index in [0.717, 1.165) is 17.1 Å². The fourth-order valence-corrected chi connectivity index (χ4v) is 2.74. The lowest BCUT2D eigenvalue weighted by Gasteiger charge is -2.05. The van der Waals surface area contributed by atoms with E-state index < -0.39 is 0 Å². The second kappa shape index (κ2) is 8.43. The molecule has 0 aliphatic carbocycles. The Bertz CT molecular complexity index is 805. The molecule has 0 fully saturated rings. The van der Waals surface area contributed by atoms with E-state index in [2.05, 4.69) is 10.2 Å². The summed E-state index contributed by atoms with van der Waals surface area (Å²) >= 11 is 1.45. The monoisotopic (exact) mass is 358 g/mol. The summed E-state index contributed by atoms with van der Waals surface area (Å²) in [7, 11) is 3.25. The first kappa shape index (κ1) is 17.2. The number of hydrogen-bond acceptors (Lipinski definition) is 7. The van der Waals surface area contributed by atoms with E-state index in [1.807, 2.05) is 48.5 Å². The van der Waals surface area contributed by atoms with Crippen molar-refractivity contribution in [2.75, 3.05) is 26.6 Å². The molecular formula is C18H18N2O4S. The molecule has 0 amide bonds. The number of methoxy groups -OCH3 is 2. The molecule has 0 saturated heterocycles. The summed E-state index contributed by atoms with van der Waals surface area (Å²) in [4.78, 5) is 0. The maximum Gasteiger partial charge on any atom is 0.276 e. The largest absolute Gasteiger partial charge is 0.497 e. The van der Waals surface area contributed by atoms with Crippen molar-refractivity contribution in [2.45, 2.75) is 5.22 Å². The van der Waals surface area contributed by atoms with Crippen LogP contribution in [0.3, 0.4) is 0 Å². The molecule has 1 aromatic heterocycles. The zero-order valence-electron chi connectivity index (χ0n) is 14.0. The van der Waals surface area contributed by atoms with E-state index in [-0.39, 0.29) is 0 Å². The standard InChI is InChI=1S/C18H18N2O4S/c1-21-13-7-9-14(10-8-13)23-11-12-25-18-20-19-17(24-18)15-5-3-4-6-16(15)22-2/h3-10H,11-12H2,1-2H3. The van der Waals surface area contributed by atoms with Gasteiger partial charge in [0.25, 0.3) is 11.1 Å². The van der Waals surface area contributed by atoms with E-state index >= 15 is 0 Å². The Morgan fingerprint density at radius 2 is 1.68 bits per heavy atom. The van der Waals surface area contributed by atoms with Gasteiger partial charge < -0.3 is 18.6 Å². The smallest absolute Gasteiger partial charge is 0.276 e. The minimum absolute atomic E-state index is 0.441. The third kappa shape index (κ3) is 4.45. The van der Waals surface area contributed by atoms with Crippen molar-refractivity contribution in [1.29, 1.82) is 0 Å². The van der Waals surface area contributed by atoms with Gasteiger partial charge in [0.15, 0.2) is 0 Å². The second-order valence-corrected chi connectivity index (χ2v) is 5.99. The number of para-hydroxylation sites is 1. The van der Waals surface area contributed by atoms with Crippen molar-refractivity contribution in [3.63, 3.8) is 0 Å². The van der Waals surface area contributed by atoms with Crippen LogP contribution < -0.4 is 14.2 Å². The number of hydrogen-bond donors (Lipinski definition) is 0. The first-order valence-corrected chi connectivity index (χ1v) is 8.65. The minimum atomic E-state index is 0.441. The van der Waals surface area contributed by atoms with Crippen molar-refractivity contribution in [2.24, 2.45) is 0 Å². The summed E-state index contributed by atoms with van der Waals surface area (Å²) < 4.78 is 21.8. The van der Waals surface area contributed by atoms with E-state index in [4.69, 9.17) is 18.6 Å². The predicted molar refractivity (Wildman–Crippen MR) is 95.5 cm³/mol. The zero-order valence-corrected chi connectivity index (χ0v) is 14.8. The van der Waals surface area contributed by atoms with Crippen LogP contribution in [-0.2, 0) is 0 Å². The Labute approximate surface area is 150 Å². The van der Waals surface area contributed by atoms with Gasteiger partial charge in [-0.1, -0.05) is 23.9 Å². The highest BCUT2D eigenvalue weighted by molar-refractivity contribution is 7.99. The Morgan fingerprint density at radius 1 is 0.920 bits per heavy atom. The lowest BCUT2D eigenvalue weighted by atomic mass is 10.2. The maximum atomic E-state index is 5.68. The third-order valence-electron chi connectivity index (χ3n) is 3.38. The van der Waals surface area contributed by atoms with Crippen molar-refractivity contribution in [3.8, 4) is 28.7 Å². The number of ether oxygens (including phenoxy) is 3. The Hall–Kier alpha value is -2.67. The summed E-state index contributed by atoms with van der Waals surface area (Å²) in [6, 6.07) is 15.0. The fourth-order valence-electron chi connectivity index (χ4n) is 2.16. The molecule has 0 bridgehead atoms. The molecule has 0 atom stereocenters. The molecule has 0 saturated carbocycles. The number of rotatable bonds is 8. The summed E-state index contributed by atoms with van der Waals surface area (Å²) in [5, 5.41) is 8.63. The van der Waals surface area contributed by atoms with Crippen LogP contribution in [0.15, 0.2) is 58.2 Å². The topological polar surface area (TPSA) is 66.6 Å². The summed E-state index contributed by atoms with van der Waals surface area (Å²) in [5.74, 6) is 3.43. The van der Waals surface area contributed by atoms with Crippen molar-refractivity contribution < 1.29 is 18.6 Å². The number of benzene rings is 2. The van der Waals surface area contributed by atoms with Gasteiger partial charge in [0.05, 0.1) is 26.4 Å². The Balaban J connectivity index is 1.51. The SMILES string of the molecule is COc1ccc(OCCSc2nnc(-c3ccccc3OC)o2)cc1. The molecule has 3 rings (SSSR count). The van der Waals surface area contributed by atoms with Gasteiger partial charge in [0.2, 0.25) is 0 Å². The lowest BCUT2D eigenvalue weighted by molar-refractivity contribution is 0.342. The molecule has 6 nitrogen and oxygen atoms in total. The van der Waals surface area contributed by atoms with E-state index in [9.17, 15) is 0 Å². The van der Waals surface area contributed by atoms with Crippen LogP contribution >= 0.6 is 11.8 Å². The molecule has 0 aliphatic heterocycles. The molecule has 0 aliphatic rings. The summed E-state index contributed by atoms with van der Waals surface area (Å²) in [5.41, 5.74) is 0.777. The van der Waals surface area contributed by atoms with Crippen LogP contribution in [0.2, 0.25) is 0 Å². The van der Waals surface area contributed by atoms with Crippen LogP contribution in [-0.4, -0.2) is 36.8 Å². The van der Waals surface area contributed by atoms with Crippen LogP contribution in [0.5, 0.6) is 17.2 Å². The van der Waals surface area contributed by atoms with Gasteiger partial charge in [-0.25, -0.2) is 0 Å². The normalized spacial score (nSPS) is 10.5. The van der Waals surface area contributed by atoms with Gasteiger partial charge in [0, 0.05) is 5.75 Å². The van der Waals surface area contributed by atoms with Gasteiger partial charge in [-0.2, -0.15) is 0 Å². The summed E-state index contributed by atoms with van der Waals surface area (Å²) in [6.45, 7) is 0.531.